The minimum absolute atomic E-state index is 0.237. The van der Waals surface area contributed by atoms with E-state index in [2.05, 4.69) is 39.8 Å². The number of benzene rings is 2. The van der Waals surface area contributed by atoms with Crippen LogP contribution in [-0.4, -0.2) is 27.7 Å². The average Bonchev–Trinajstić information content (AvgIpc) is 3.48. The number of ether oxygens (including phenoxy) is 1. The number of rotatable bonds is 5. The maximum absolute atomic E-state index is 12.3. The minimum Gasteiger partial charge on any atom is -0.496 e. The highest BCUT2D eigenvalue weighted by Crippen LogP contribution is 2.35. The monoisotopic (exact) mass is 374 g/mol. The minimum atomic E-state index is -0.237. The Bertz CT molecular complexity index is 1250. The molecule has 28 heavy (non-hydrogen) atoms. The summed E-state index contributed by atoms with van der Waals surface area (Å²) < 4.78 is 7.32. The molecule has 0 bridgehead atoms. The number of H-pyrrole nitrogens is 1. The summed E-state index contributed by atoms with van der Waals surface area (Å²) in [5.41, 5.74) is 5.52. The molecule has 2 heterocycles. The molecule has 4 aromatic rings. The van der Waals surface area contributed by atoms with Crippen LogP contribution in [0.5, 0.6) is 5.75 Å². The summed E-state index contributed by atoms with van der Waals surface area (Å²) in [6.07, 6.45) is 2.54. The Kier molecular flexibility index (Phi) is 3.94. The molecule has 2 aromatic heterocycles. The number of pyridine rings is 1. The molecule has 6 nitrogen and oxygen atoms in total. The summed E-state index contributed by atoms with van der Waals surface area (Å²) in [5, 5.41) is 11.2. The van der Waals surface area contributed by atoms with Crippen LogP contribution in [0.15, 0.2) is 47.3 Å². The van der Waals surface area contributed by atoms with Crippen molar-refractivity contribution in [2.45, 2.75) is 32.4 Å². The zero-order valence-electron chi connectivity index (χ0n) is 16.0. The molecule has 5 rings (SSSR count). The molecule has 142 valence electrons. The molecule has 0 aliphatic heterocycles. The Balaban J connectivity index is 1.70. The van der Waals surface area contributed by atoms with Gasteiger partial charge in [-0.2, -0.15) is 5.10 Å². The predicted octanol–water partition coefficient (Wildman–Crippen LogP) is 3.41. The maximum Gasteiger partial charge on any atom is 0.348 e. The lowest BCUT2D eigenvalue weighted by Gasteiger charge is -2.14. The van der Waals surface area contributed by atoms with E-state index >= 15 is 0 Å². The summed E-state index contributed by atoms with van der Waals surface area (Å²) in [4.78, 5) is 12.3. The third kappa shape index (κ3) is 2.86. The number of aromatic nitrogens is 3. The van der Waals surface area contributed by atoms with Gasteiger partial charge in [-0.15, -0.1) is 0 Å². The summed E-state index contributed by atoms with van der Waals surface area (Å²) >= 11 is 0. The number of methoxy groups -OCH3 is 1. The van der Waals surface area contributed by atoms with Crippen LogP contribution in [0.25, 0.3) is 27.7 Å². The summed E-state index contributed by atoms with van der Waals surface area (Å²) in [6, 6.07) is 15.1. The predicted molar refractivity (Wildman–Crippen MR) is 110 cm³/mol. The Labute approximate surface area is 162 Å². The van der Waals surface area contributed by atoms with Gasteiger partial charge >= 0.3 is 5.69 Å². The zero-order chi connectivity index (χ0) is 19.3. The lowest BCUT2D eigenvalue weighted by molar-refractivity contribution is 0.417. The van der Waals surface area contributed by atoms with Gasteiger partial charge in [0.2, 0.25) is 0 Å². The van der Waals surface area contributed by atoms with Gasteiger partial charge in [-0.05, 0) is 60.7 Å². The number of aromatic amines is 1. The van der Waals surface area contributed by atoms with Crippen molar-refractivity contribution in [3.8, 4) is 16.9 Å². The Morgan fingerprint density at radius 2 is 2.11 bits per heavy atom. The molecule has 2 N–H and O–H groups in total. The zero-order valence-corrected chi connectivity index (χ0v) is 16.0. The summed E-state index contributed by atoms with van der Waals surface area (Å²) in [6.45, 7) is 2.88. The van der Waals surface area contributed by atoms with Crippen LogP contribution in [0.1, 0.15) is 24.0 Å². The van der Waals surface area contributed by atoms with Gasteiger partial charge in [0.25, 0.3) is 0 Å². The van der Waals surface area contributed by atoms with E-state index in [0.717, 1.165) is 39.9 Å². The molecule has 1 aliphatic rings. The fourth-order valence-corrected chi connectivity index (χ4v) is 3.77. The molecule has 0 amide bonds. The van der Waals surface area contributed by atoms with E-state index in [9.17, 15) is 4.79 Å². The van der Waals surface area contributed by atoms with E-state index in [0.29, 0.717) is 11.7 Å². The number of aryl methyl sites for hydroxylation is 1. The summed E-state index contributed by atoms with van der Waals surface area (Å²) in [7, 11) is 1.68. The standard InChI is InChI=1S/C22H22N4O2/c1-13-8-21-24-25-22(27)26(21)19-10-18(20(28-2)11-17(13)19)15-5-3-4-14(9-15)12-23-16-6-7-16/h3-5,8-11,16,23H,6-7,12H2,1-2H3,(H,25,27). The van der Waals surface area contributed by atoms with Crippen molar-refractivity contribution in [3.63, 3.8) is 0 Å². The molecule has 6 heteroatoms. The van der Waals surface area contributed by atoms with Gasteiger partial charge < -0.3 is 10.1 Å². The first-order chi connectivity index (χ1) is 13.6. The smallest absolute Gasteiger partial charge is 0.348 e. The normalized spacial score (nSPS) is 14.1. The van der Waals surface area contributed by atoms with E-state index in [4.69, 9.17) is 4.74 Å². The molecule has 1 aliphatic carbocycles. The lowest BCUT2D eigenvalue weighted by atomic mass is 9.99. The van der Waals surface area contributed by atoms with E-state index in [-0.39, 0.29) is 5.69 Å². The molecule has 2 aromatic carbocycles. The van der Waals surface area contributed by atoms with Crippen molar-refractivity contribution < 1.29 is 4.74 Å². The van der Waals surface area contributed by atoms with Gasteiger partial charge in [0.15, 0.2) is 5.65 Å². The van der Waals surface area contributed by atoms with Crippen LogP contribution in [0.3, 0.4) is 0 Å². The highest BCUT2D eigenvalue weighted by atomic mass is 16.5. The van der Waals surface area contributed by atoms with Crippen molar-refractivity contribution in [1.29, 1.82) is 0 Å². The molecular formula is C22H22N4O2. The van der Waals surface area contributed by atoms with Gasteiger partial charge in [0.1, 0.15) is 5.75 Å². The Morgan fingerprint density at radius 1 is 1.25 bits per heavy atom. The van der Waals surface area contributed by atoms with Crippen LogP contribution in [-0.2, 0) is 6.54 Å². The molecule has 0 radical (unpaired) electrons. The first-order valence-corrected chi connectivity index (χ1v) is 9.55. The van der Waals surface area contributed by atoms with Crippen molar-refractivity contribution >= 4 is 16.6 Å². The van der Waals surface area contributed by atoms with Gasteiger partial charge in [-0.25, -0.2) is 14.3 Å². The van der Waals surface area contributed by atoms with Crippen LogP contribution in [0.2, 0.25) is 0 Å². The van der Waals surface area contributed by atoms with Gasteiger partial charge in [-0.1, -0.05) is 18.2 Å². The number of nitrogens with zero attached hydrogens (tertiary/aromatic N) is 2. The van der Waals surface area contributed by atoms with Crippen molar-refractivity contribution in [1.82, 2.24) is 19.9 Å². The summed E-state index contributed by atoms with van der Waals surface area (Å²) in [5.74, 6) is 0.791. The van der Waals surface area contributed by atoms with E-state index < -0.39 is 0 Å². The maximum atomic E-state index is 12.3. The fourth-order valence-electron chi connectivity index (χ4n) is 3.77. The molecule has 0 spiro atoms. The highest BCUT2D eigenvalue weighted by molar-refractivity contribution is 5.92. The third-order valence-electron chi connectivity index (χ3n) is 5.44. The molecule has 0 unspecified atom stereocenters. The van der Waals surface area contributed by atoms with E-state index in [1.165, 1.54) is 18.4 Å². The second-order valence-corrected chi connectivity index (χ2v) is 7.47. The second kappa shape index (κ2) is 6.49. The van der Waals surface area contributed by atoms with Crippen LogP contribution in [0.4, 0.5) is 0 Å². The number of nitrogens with one attached hydrogen (secondary N) is 2. The van der Waals surface area contributed by atoms with Crippen LogP contribution >= 0.6 is 0 Å². The van der Waals surface area contributed by atoms with Crippen LogP contribution in [0, 0.1) is 6.92 Å². The third-order valence-corrected chi connectivity index (χ3v) is 5.44. The Hall–Kier alpha value is -3.12. The first kappa shape index (κ1) is 17.0. The average molecular weight is 374 g/mol. The van der Waals surface area contributed by atoms with E-state index in [1.54, 1.807) is 11.5 Å². The topological polar surface area (TPSA) is 71.4 Å². The van der Waals surface area contributed by atoms with Crippen molar-refractivity contribution in [2.75, 3.05) is 7.11 Å². The SMILES string of the molecule is COc1cc2c(C)cc3n[nH]c(=O)n3c2cc1-c1cccc(CNC2CC2)c1. The Morgan fingerprint density at radius 3 is 2.89 bits per heavy atom. The quantitative estimate of drug-likeness (QED) is 0.562. The molecular weight excluding hydrogens is 352 g/mol. The molecule has 1 saturated carbocycles. The second-order valence-electron chi connectivity index (χ2n) is 7.47. The fraction of sp³-hybridized carbons (Fsp3) is 0.273. The molecule has 1 fully saturated rings. The van der Waals surface area contributed by atoms with Gasteiger partial charge in [0, 0.05) is 23.5 Å². The molecule has 0 saturated heterocycles. The van der Waals surface area contributed by atoms with Gasteiger partial charge in [-0.3, -0.25) is 0 Å². The van der Waals surface area contributed by atoms with Gasteiger partial charge in [0.05, 0.1) is 12.6 Å². The number of hydrogen-bond donors (Lipinski definition) is 2. The largest absolute Gasteiger partial charge is 0.496 e. The lowest BCUT2D eigenvalue weighted by Crippen LogP contribution is -2.15. The highest BCUT2D eigenvalue weighted by Gasteiger charge is 2.20. The number of fused-ring (bicyclic) bond motifs is 3. The van der Waals surface area contributed by atoms with Crippen molar-refractivity contribution in [3.05, 3.63) is 64.1 Å². The number of hydrogen-bond acceptors (Lipinski definition) is 4. The molecule has 0 atom stereocenters. The van der Waals surface area contributed by atoms with Crippen LogP contribution < -0.4 is 15.7 Å². The van der Waals surface area contributed by atoms with E-state index in [1.807, 2.05) is 25.1 Å². The first-order valence-electron chi connectivity index (χ1n) is 9.55. The van der Waals surface area contributed by atoms with Crippen molar-refractivity contribution in [2.24, 2.45) is 0 Å².